The zero-order valence-corrected chi connectivity index (χ0v) is 13.2. The van der Waals surface area contributed by atoms with E-state index >= 15 is 0 Å². The van der Waals surface area contributed by atoms with E-state index in [-0.39, 0.29) is 0 Å². The van der Waals surface area contributed by atoms with Crippen molar-refractivity contribution in [2.75, 3.05) is 0 Å². The van der Waals surface area contributed by atoms with Crippen LogP contribution in [0.2, 0.25) is 0 Å². The number of carboxylic acid groups (broad SMARTS) is 1. The van der Waals surface area contributed by atoms with Crippen LogP contribution in [0.5, 0.6) is 5.75 Å². The molecule has 6 nitrogen and oxygen atoms in total. The van der Waals surface area contributed by atoms with Crippen molar-refractivity contribution in [3.63, 3.8) is 0 Å². The smallest absolute Gasteiger partial charge is 0.387 e. The van der Waals surface area contributed by atoms with Crippen LogP contribution in [-0.4, -0.2) is 32.1 Å². The van der Waals surface area contributed by atoms with E-state index in [0.29, 0.717) is 31.7 Å². The van der Waals surface area contributed by atoms with Crippen molar-refractivity contribution in [3.8, 4) is 5.75 Å². The summed E-state index contributed by atoms with van der Waals surface area (Å²) in [6.45, 7) is -3.22. The molecule has 1 aromatic carbocycles. The van der Waals surface area contributed by atoms with Gasteiger partial charge in [0, 0.05) is 6.04 Å². The summed E-state index contributed by atoms with van der Waals surface area (Å²) >= 11 is 0. The van der Waals surface area contributed by atoms with Gasteiger partial charge in [-0.2, -0.15) is 8.78 Å². The highest BCUT2D eigenvalue weighted by Gasteiger charge is 2.29. The molecule has 1 fully saturated rings. The molecule has 1 aromatic rings. The number of nitrogens with one attached hydrogen (secondary N) is 1. The van der Waals surface area contributed by atoms with Crippen molar-refractivity contribution in [3.05, 3.63) is 24.0 Å². The molecule has 2 N–H and O–H groups in total. The van der Waals surface area contributed by atoms with E-state index in [0.717, 1.165) is 12.1 Å². The Morgan fingerprint density at radius 2 is 1.88 bits per heavy atom. The summed E-state index contributed by atoms with van der Waals surface area (Å²) in [6.07, 6.45) is 1.40. The standard InChI is InChI=1S/C14H16F3NO5S/c15-11-7-10(5-6-12(11)23-14(16)17)24(21,22)18-9-3-1-8(2-4-9)13(19)20/h5-9,14,18H,1-4H2,(H,19,20). The third-order valence-electron chi connectivity index (χ3n) is 3.83. The lowest BCUT2D eigenvalue weighted by molar-refractivity contribution is -0.142. The highest BCUT2D eigenvalue weighted by molar-refractivity contribution is 7.89. The Kier molecular flexibility index (Phi) is 5.70. The van der Waals surface area contributed by atoms with Gasteiger partial charge in [-0.25, -0.2) is 17.5 Å². The average molecular weight is 367 g/mol. The predicted octanol–water partition coefficient (Wildman–Crippen LogP) is 2.35. The zero-order chi connectivity index (χ0) is 17.9. The normalized spacial score (nSPS) is 21.7. The summed E-state index contributed by atoms with van der Waals surface area (Å²) in [5, 5.41) is 8.91. The van der Waals surface area contributed by atoms with Gasteiger partial charge >= 0.3 is 12.6 Å². The number of sulfonamides is 1. The summed E-state index contributed by atoms with van der Waals surface area (Å²) in [5.41, 5.74) is 0. The fourth-order valence-corrected chi connectivity index (χ4v) is 3.90. The maximum absolute atomic E-state index is 13.6. The molecule has 0 radical (unpaired) electrons. The molecule has 0 aliphatic heterocycles. The molecule has 10 heteroatoms. The van der Waals surface area contributed by atoms with Gasteiger partial charge in [-0.3, -0.25) is 4.79 Å². The van der Waals surface area contributed by atoms with E-state index < -0.39 is 51.0 Å². The molecule has 24 heavy (non-hydrogen) atoms. The third-order valence-corrected chi connectivity index (χ3v) is 5.35. The lowest BCUT2D eigenvalue weighted by atomic mass is 9.87. The first-order valence-electron chi connectivity index (χ1n) is 7.18. The second kappa shape index (κ2) is 7.39. The van der Waals surface area contributed by atoms with Crippen LogP contribution in [0.4, 0.5) is 13.2 Å². The van der Waals surface area contributed by atoms with Crippen LogP contribution < -0.4 is 9.46 Å². The third kappa shape index (κ3) is 4.60. The summed E-state index contributed by atoms with van der Waals surface area (Å²) in [4.78, 5) is 10.5. The summed E-state index contributed by atoms with van der Waals surface area (Å²) in [7, 11) is -4.05. The van der Waals surface area contributed by atoms with Crippen LogP contribution in [0.1, 0.15) is 25.7 Å². The number of carbonyl (C=O) groups is 1. The number of carboxylic acids is 1. The van der Waals surface area contributed by atoms with Crippen LogP contribution in [0.25, 0.3) is 0 Å². The van der Waals surface area contributed by atoms with Crippen molar-refractivity contribution in [1.29, 1.82) is 0 Å². The van der Waals surface area contributed by atoms with Crippen LogP contribution in [0.15, 0.2) is 23.1 Å². The molecule has 0 amide bonds. The van der Waals surface area contributed by atoms with E-state index in [1.807, 2.05) is 0 Å². The largest absolute Gasteiger partial charge is 0.481 e. The fraction of sp³-hybridized carbons (Fsp3) is 0.500. The van der Waals surface area contributed by atoms with E-state index in [2.05, 4.69) is 9.46 Å². The SMILES string of the molecule is O=C(O)C1CCC(NS(=O)(=O)c2ccc(OC(F)F)c(F)c2)CC1. The molecule has 0 heterocycles. The lowest BCUT2D eigenvalue weighted by Gasteiger charge is -2.26. The number of rotatable bonds is 6. The van der Waals surface area contributed by atoms with Crippen molar-refractivity contribution in [2.45, 2.75) is 43.2 Å². The van der Waals surface area contributed by atoms with Gasteiger partial charge in [0.1, 0.15) is 0 Å². The Bertz CT molecular complexity index is 702. The van der Waals surface area contributed by atoms with Gasteiger partial charge in [-0.15, -0.1) is 0 Å². The molecule has 2 rings (SSSR count). The molecule has 0 aromatic heterocycles. The maximum atomic E-state index is 13.6. The highest BCUT2D eigenvalue weighted by Crippen LogP contribution is 2.27. The topological polar surface area (TPSA) is 92.7 Å². The number of hydrogen-bond donors (Lipinski definition) is 2. The van der Waals surface area contributed by atoms with Crippen LogP contribution in [-0.2, 0) is 14.8 Å². The molecular formula is C14H16F3NO5S. The van der Waals surface area contributed by atoms with Crippen LogP contribution in [0.3, 0.4) is 0 Å². The van der Waals surface area contributed by atoms with Gasteiger partial charge in [0.05, 0.1) is 10.8 Å². The Balaban J connectivity index is 2.05. The van der Waals surface area contributed by atoms with E-state index in [9.17, 15) is 26.4 Å². The van der Waals surface area contributed by atoms with Gasteiger partial charge < -0.3 is 9.84 Å². The second-order valence-corrected chi connectivity index (χ2v) is 7.19. The molecule has 0 unspecified atom stereocenters. The Morgan fingerprint density at radius 1 is 1.25 bits per heavy atom. The number of benzene rings is 1. The van der Waals surface area contributed by atoms with Crippen molar-refractivity contribution in [1.82, 2.24) is 4.72 Å². The molecule has 0 atom stereocenters. The van der Waals surface area contributed by atoms with Gasteiger partial charge in [0.15, 0.2) is 11.6 Å². The molecule has 1 aliphatic carbocycles. The minimum atomic E-state index is -4.05. The fourth-order valence-electron chi connectivity index (χ4n) is 2.59. The van der Waals surface area contributed by atoms with Gasteiger partial charge in [-0.05, 0) is 43.9 Å². The molecule has 1 aliphatic rings. The Labute approximate surface area is 136 Å². The lowest BCUT2D eigenvalue weighted by Crippen LogP contribution is -2.38. The molecule has 1 saturated carbocycles. The van der Waals surface area contributed by atoms with Crippen molar-refractivity contribution < 1.29 is 36.2 Å². The molecule has 0 saturated heterocycles. The first kappa shape index (κ1) is 18.5. The molecule has 0 spiro atoms. The van der Waals surface area contributed by atoms with Gasteiger partial charge in [-0.1, -0.05) is 0 Å². The van der Waals surface area contributed by atoms with Crippen molar-refractivity contribution in [2.24, 2.45) is 5.92 Å². The number of ether oxygens (including phenoxy) is 1. The van der Waals surface area contributed by atoms with E-state index in [4.69, 9.17) is 5.11 Å². The number of alkyl halides is 2. The monoisotopic (exact) mass is 367 g/mol. The van der Waals surface area contributed by atoms with Gasteiger partial charge in [0.2, 0.25) is 10.0 Å². The quantitative estimate of drug-likeness (QED) is 0.805. The molecule has 134 valence electrons. The van der Waals surface area contributed by atoms with Crippen molar-refractivity contribution >= 4 is 16.0 Å². The summed E-state index contributed by atoms with van der Waals surface area (Å²) < 4.78 is 68.5. The second-order valence-electron chi connectivity index (χ2n) is 5.48. The maximum Gasteiger partial charge on any atom is 0.387 e. The minimum Gasteiger partial charge on any atom is -0.481 e. The first-order chi connectivity index (χ1) is 11.2. The van der Waals surface area contributed by atoms with E-state index in [1.165, 1.54) is 0 Å². The molecular weight excluding hydrogens is 351 g/mol. The Hall–Kier alpha value is -1.81. The van der Waals surface area contributed by atoms with Crippen LogP contribution in [0, 0.1) is 11.7 Å². The predicted molar refractivity (Wildman–Crippen MR) is 76.7 cm³/mol. The first-order valence-corrected chi connectivity index (χ1v) is 8.67. The summed E-state index contributed by atoms with van der Waals surface area (Å²) in [6, 6.07) is 1.93. The minimum absolute atomic E-state index is 0.345. The Morgan fingerprint density at radius 3 is 2.38 bits per heavy atom. The zero-order valence-electron chi connectivity index (χ0n) is 12.4. The highest BCUT2D eigenvalue weighted by atomic mass is 32.2. The van der Waals surface area contributed by atoms with Gasteiger partial charge in [0.25, 0.3) is 0 Å². The number of halogens is 3. The van der Waals surface area contributed by atoms with E-state index in [1.54, 1.807) is 0 Å². The molecule has 0 bridgehead atoms. The number of hydrogen-bond acceptors (Lipinski definition) is 4. The summed E-state index contributed by atoms with van der Waals surface area (Å²) in [5.74, 6) is -3.36. The number of aliphatic carboxylic acids is 1. The van der Waals surface area contributed by atoms with Crippen LogP contribution >= 0.6 is 0 Å². The average Bonchev–Trinajstić information content (AvgIpc) is 2.49.